The number of thiophene rings is 1. The van der Waals surface area contributed by atoms with Crippen LogP contribution in [0, 0.1) is 0 Å². The molecule has 0 saturated carbocycles. The largest absolute Gasteiger partial charge is 0.480 e. The Hall–Kier alpha value is -1.93. The number of nitrogens with one attached hydrogen (secondary N) is 2. The molecule has 2 amide bonds. The number of hydrogen-bond acceptors (Lipinski definition) is 5. The summed E-state index contributed by atoms with van der Waals surface area (Å²) in [5, 5.41) is 23.4. The van der Waals surface area contributed by atoms with Gasteiger partial charge in [0.15, 0.2) is 0 Å². The van der Waals surface area contributed by atoms with Gasteiger partial charge in [0.25, 0.3) is 5.91 Å². The first-order valence-electron chi connectivity index (χ1n) is 4.99. The number of hydrogen-bond donors (Lipinski definition) is 4. The van der Waals surface area contributed by atoms with Crippen LogP contribution in [-0.4, -0.2) is 47.2 Å². The molecule has 0 unspecified atom stereocenters. The molecule has 0 aliphatic rings. The minimum absolute atomic E-state index is 0.347. The molecule has 18 heavy (non-hydrogen) atoms. The van der Waals surface area contributed by atoms with E-state index in [4.69, 9.17) is 10.2 Å². The molecule has 7 nitrogen and oxygen atoms in total. The molecule has 0 aliphatic heterocycles. The Labute approximate surface area is 106 Å². The van der Waals surface area contributed by atoms with Crippen molar-refractivity contribution >= 4 is 29.1 Å². The molecule has 1 rings (SSSR count). The molecule has 1 aromatic heterocycles. The second-order valence-electron chi connectivity index (χ2n) is 3.30. The van der Waals surface area contributed by atoms with Gasteiger partial charge in [-0.25, -0.2) is 4.79 Å². The smallest absolute Gasteiger partial charge is 0.328 e. The fourth-order valence-corrected chi connectivity index (χ4v) is 1.73. The quantitative estimate of drug-likeness (QED) is 0.532. The van der Waals surface area contributed by atoms with E-state index in [1.165, 1.54) is 11.3 Å². The van der Waals surface area contributed by atoms with E-state index in [1.54, 1.807) is 17.5 Å². The van der Waals surface area contributed by atoms with Gasteiger partial charge in [-0.15, -0.1) is 11.3 Å². The molecule has 4 N–H and O–H groups in total. The van der Waals surface area contributed by atoms with E-state index in [1.807, 2.05) is 0 Å². The predicted molar refractivity (Wildman–Crippen MR) is 63.3 cm³/mol. The van der Waals surface area contributed by atoms with Gasteiger partial charge in [0.2, 0.25) is 5.91 Å². The highest BCUT2D eigenvalue weighted by molar-refractivity contribution is 7.12. The lowest BCUT2D eigenvalue weighted by atomic mass is 10.3. The maximum atomic E-state index is 11.5. The van der Waals surface area contributed by atoms with Crippen molar-refractivity contribution in [2.45, 2.75) is 6.04 Å². The summed E-state index contributed by atoms with van der Waals surface area (Å²) in [6.07, 6.45) is 0. The molecular formula is C10H12N2O5S. The SMILES string of the molecule is O=C(CNC(=O)c1cccs1)N[C@@H](CO)C(=O)O. The highest BCUT2D eigenvalue weighted by atomic mass is 32.1. The summed E-state index contributed by atoms with van der Waals surface area (Å²) < 4.78 is 0. The first-order valence-corrected chi connectivity index (χ1v) is 5.87. The van der Waals surface area contributed by atoms with E-state index in [-0.39, 0.29) is 6.54 Å². The summed E-state index contributed by atoms with van der Waals surface area (Å²) in [5.41, 5.74) is 0. The van der Waals surface area contributed by atoms with E-state index in [0.29, 0.717) is 4.88 Å². The number of carbonyl (C=O) groups is 3. The van der Waals surface area contributed by atoms with Crippen LogP contribution in [0.25, 0.3) is 0 Å². The predicted octanol–water partition coefficient (Wildman–Crippen LogP) is -0.960. The molecule has 0 fully saturated rings. The fraction of sp³-hybridized carbons (Fsp3) is 0.300. The molecule has 0 spiro atoms. The molecule has 1 heterocycles. The Bertz CT molecular complexity index is 431. The van der Waals surface area contributed by atoms with Gasteiger partial charge in [-0.05, 0) is 11.4 Å². The third-order valence-corrected chi connectivity index (χ3v) is 2.84. The Morgan fingerprint density at radius 2 is 2.11 bits per heavy atom. The molecule has 8 heteroatoms. The molecule has 0 radical (unpaired) electrons. The van der Waals surface area contributed by atoms with E-state index in [0.717, 1.165) is 0 Å². The third-order valence-electron chi connectivity index (χ3n) is 1.97. The van der Waals surface area contributed by atoms with Crippen molar-refractivity contribution in [3.05, 3.63) is 22.4 Å². The van der Waals surface area contributed by atoms with E-state index < -0.39 is 30.4 Å². The first kappa shape index (κ1) is 14.1. The van der Waals surface area contributed by atoms with Crippen molar-refractivity contribution in [3.63, 3.8) is 0 Å². The molecule has 1 aromatic rings. The molecular weight excluding hydrogens is 260 g/mol. The maximum Gasteiger partial charge on any atom is 0.328 e. The average molecular weight is 272 g/mol. The topological polar surface area (TPSA) is 116 Å². The highest BCUT2D eigenvalue weighted by Gasteiger charge is 2.18. The summed E-state index contributed by atoms with van der Waals surface area (Å²) in [5.74, 6) is -2.42. The molecule has 0 aliphatic carbocycles. The molecule has 0 saturated heterocycles. The van der Waals surface area contributed by atoms with Gasteiger partial charge in [0.1, 0.15) is 6.04 Å². The number of aliphatic hydroxyl groups is 1. The zero-order valence-electron chi connectivity index (χ0n) is 9.25. The van der Waals surface area contributed by atoms with Crippen LogP contribution in [0.4, 0.5) is 0 Å². The van der Waals surface area contributed by atoms with Crippen molar-refractivity contribution in [1.82, 2.24) is 10.6 Å². The van der Waals surface area contributed by atoms with Gasteiger partial charge in [0, 0.05) is 0 Å². The lowest BCUT2D eigenvalue weighted by molar-refractivity contribution is -0.142. The maximum absolute atomic E-state index is 11.5. The van der Waals surface area contributed by atoms with Crippen molar-refractivity contribution < 1.29 is 24.6 Å². The fourth-order valence-electron chi connectivity index (χ4n) is 1.09. The van der Waals surface area contributed by atoms with E-state index in [9.17, 15) is 14.4 Å². The number of carboxylic acids is 1. The summed E-state index contributed by atoms with van der Waals surface area (Å²) in [7, 11) is 0. The third kappa shape index (κ3) is 4.15. The summed E-state index contributed by atoms with van der Waals surface area (Å²) >= 11 is 1.23. The van der Waals surface area contributed by atoms with Crippen molar-refractivity contribution in [3.8, 4) is 0 Å². The van der Waals surface area contributed by atoms with Crippen molar-refractivity contribution in [2.24, 2.45) is 0 Å². The van der Waals surface area contributed by atoms with Gasteiger partial charge in [-0.1, -0.05) is 6.07 Å². The summed E-state index contributed by atoms with van der Waals surface area (Å²) in [6.45, 7) is -1.06. The van der Waals surface area contributed by atoms with Crippen LogP contribution in [-0.2, 0) is 9.59 Å². The van der Waals surface area contributed by atoms with Gasteiger partial charge >= 0.3 is 5.97 Å². The molecule has 0 aromatic carbocycles. The van der Waals surface area contributed by atoms with Crippen LogP contribution < -0.4 is 10.6 Å². The zero-order chi connectivity index (χ0) is 13.5. The molecule has 0 bridgehead atoms. The lowest BCUT2D eigenvalue weighted by Gasteiger charge is -2.11. The first-order chi connectivity index (χ1) is 8.54. The van der Waals surface area contributed by atoms with Gasteiger partial charge in [-0.2, -0.15) is 0 Å². The second kappa shape index (κ2) is 6.72. The molecule has 98 valence electrons. The van der Waals surface area contributed by atoms with E-state index >= 15 is 0 Å². The minimum atomic E-state index is -1.36. The number of amides is 2. The second-order valence-corrected chi connectivity index (χ2v) is 4.25. The van der Waals surface area contributed by atoms with Crippen LogP contribution in [0.5, 0.6) is 0 Å². The highest BCUT2D eigenvalue weighted by Crippen LogP contribution is 2.07. The number of aliphatic hydroxyl groups excluding tert-OH is 1. The van der Waals surface area contributed by atoms with Crippen LogP contribution >= 0.6 is 11.3 Å². The minimum Gasteiger partial charge on any atom is -0.480 e. The van der Waals surface area contributed by atoms with Crippen LogP contribution in [0.1, 0.15) is 9.67 Å². The standard InChI is InChI=1S/C10H12N2O5S/c13-5-6(10(16)17)12-8(14)4-11-9(15)7-2-1-3-18-7/h1-3,6,13H,4-5H2,(H,11,15)(H,12,14)(H,16,17)/t6-/m0/s1. The monoisotopic (exact) mass is 272 g/mol. The van der Waals surface area contributed by atoms with Gasteiger partial charge < -0.3 is 20.8 Å². The van der Waals surface area contributed by atoms with E-state index in [2.05, 4.69) is 10.6 Å². The lowest BCUT2D eigenvalue weighted by Crippen LogP contribution is -2.47. The zero-order valence-corrected chi connectivity index (χ0v) is 10.1. The summed E-state index contributed by atoms with van der Waals surface area (Å²) in [6, 6.07) is 1.94. The van der Waals surface area contributed by atoms with Crippen LogP contribution in [0.2, 0.25) is 0 Å². The Balaban J connectivity index is 2.37. The van der Waals surface area contributed by atoms with Crippen LogP contribution in [0.15, 0.2) is 17.5 Å². The Kier molecular flexibility index (Phi) is 5.28. The number of carbonyl (C=O) groups excluding carboxylic acids is 2. The number of carboxylic acid groups (broad SMARTS) is 1. The summed E-state index contributed by atoms with van der Waals surface area (Å²) in [4.78, 5) is 33.7. The van der Waals surface area contributed by atoms with Crippen molar-refractivity contribution in [1.29, 1.82) is 0 Å². The Morgan fingerprint density at radius 1 is 1.39 bits per heavy atom. The molecule has 1 atom stereocenters. The Morgan fingerprint density at radius 3 is 2.61 bits per heavy atom. The van der Waals surface area contributed by atoms with Crippen LogP contribution in [0.3, 0.4) is 0 Å². The number of aliphatic carboxylic acids is 1. The van der Waals surface area contributed by atoms with Crippen molar-refractivity contribution in [2.75, 3.05) is 13.2 Å². The average Bonchev–Trinajstić information content (AvgIpc) is 2.86. The normalized spacial score (nSPS) is 11.6. The van der Waals surface area contributed by atoms with Gasteiger partial charge in [0.05, 0.1) is 18.0 Å². The number of rotatable bonds is 6. The van der Waals surface area contributed by atoms with Gasteiger partial charge in [-0.3, -0.25) is 9.59 Å².